The van der Waals surface area contributed by atoms with Crippen LogP contribution in [0.25, 0.3) is 0 Å². The van der Waals surface area contributed by atoms with Crippen LogP contribution in [0.3, 0.4) is 0 Å². The molecule has 2 N–H and O–H groups in total. The lowest BCUT2D eigenvalue weighted by molar-refractivity contribution is -0.127. The van der Waals surface area contributed by atoms with E-state index in [0.717, 1.165) is 25.9 Å². The summed E-state index contributed by atoms with van der Waals surface area (Å²) in [5.41, 5.74) is 0.230. The van der Waals surface area contributed by atoms with Gasteiger partial charge in [0.25, 0.3) is 0 Å². The van der Waals surface area contributed by atoms with Crippen LogP contribution < -0.4 is 10.6 Å². The van der Waals surface area contributed by atoms with Crippen molar-refractivity contribution in [1.82, 2.24) is 15.5 Å². The summed E-state index contributed by atoms with van der Waals surface area (Å²) in [5.74, 6) is 0.469. The van der Waals surface area contributed by atoms with Crippen molar-refractivity contribution in [3.8, 4) is 0 Å². The van der Waals surface area contributed by atoms with Gasteiger partial charge in [-0.2, -0.15) is 0 Å². The highest BCUT2D eigenvalue weighted by molar-refractivity contribution is 5.78. The maximum Gasteiger partial charge on any atom is 0.223 e. The molecule has 1 aliphatic carbocycles. The van der Waals surface area contributed by atoms with Crippen molar-refractivity contribution in [2.75, 3.05) is 27.2 Å². The van der Waals surface area contributed by atoms with Crippen molar-refractivity contribution in [3.63, 3.8) is 0 Å². The van der Waals surface area contributed by atoms with Crippen molar-refractivity contribution in [3.05, 3.63) is 0 Å². The van der Waals surface area contributed by atoms with Gasteiger partial charge in [-0.15, -0.1) is 0 Å². The highest BCUT2D eigenvalue weighted by atomic mass is 16.1. The van der Waals surface area contributed by atoms with E-state index in [2.05, 4.69) is 36.6 Å². The van der Waals surface area contributed by atoms with Crippen LogP contribution >= 0.6 is 0 Å². The van der Waals surface area contributed by atoms with E-state index < -0.39 is 0 Å². The molecular formula is C14H27N3O. The van der Waals surface area contributed by atoms with E-state index in [9.17, 15) is 4.79 Å². The average Bonchev–Trinajstić information content (AvgIpc) is 2.26. The second-order valence-corrected chi connectivity index (χ2v) is 6.27. The lowest BCUT2D eigenvalue weighted by atomic mass is 9.75. The predicted molar refractivity (Wildman–Crippen MR) is 73.5 cm³/mol. The third-order valence-electron chi connectivity index (χ3n) is 4.82. The molecule has 2 rings (SSSR count). The molecule has 1 heterocycles. The molecule has 1 aliphatic heterocycles. The van der Waals surface area contributed by atoms with Gasteiger partial charge < -0.3 is 15.5 Å². The van der Waals surface area contributed by atoms with E-state index in [4.69, 9.17) is 0 Å². The van der Waals surface area contributed by atoms with E-state index in [1.807, 2.05) is 0 Å². The van der Waals surface area contributed by atoms with Crippen molar-refractivity contribution in [1.29, 1.82) is 0 Å². The Morgan fingerprint density at radius 1 is 1.44 bits per heavy atom. The number of hydrogen-bond donors (Lipinski definition) is 2. The maximum absolute atomic E-state index is 12.2. The first-order valence-electron chi connectivity index (χ1n) is 7.22. The highest BCUT2D eigenvalue weighted by Crippen LogP contribution is 2.35. The zero-order valence-electron chi connectivity index (χ0n) is 12.0. The van der Waals surface area contributed by atoms with Gasteiger partial charge in [-0.25, -0.2) is 0 Å². The smallest absolute Gasteiger partial charge is 0.223 e. The van der Waals surface area contributed by atoms with Crippen LogP contribution in [-0.4, -0.2) is 49.6 Å². The fourth-order valence-electron chi connectivity index (χ4n) is 3.13. The lowest BCUT2D eigenvalue weighted by Gasteiger charge is -2.47. The molecule has 4 heteroatoms. The predicted octanol–water partition coefficient (Wildman–Crippen LogP) is 0.975. The molecule has 1 saturated carbocycles. The molecule has 18 heavy (non-hydrogen) atoms. The molecule has 0 aromatic heterocycles. The quantitative estimate of drug-likeness (QED) is 0.785. The minimum atomic E-state index is 0.209. The molecule has 104 valence electrons. The van der Waals surface area contributed by atoms with Crippen LogP contribution in [0.5, 0.6) is 0 Å². The van der Waals surface area contributed by atoms with Crippen LogP contribution in [0.2, 0.25) is 0 Å². The molecule has 1 saturated heterocycles. The number of rotatable bonds is 4. The topological polar surface area (TPSA) is 44.4 Å². The number of likely N-dealkylation sites (N-methyl/N-ethyl adjacent to an activating group) is 1. The van der Waals surface area contributed by atoms with E-state index in [1.54, 1.807) is 0 Å². The SMILES string of the molecule is CC1CC(C(=O)NCC2(N(C)C)CCC2)CCN1. The Balaban J connectivity index is 1.80. The minimum absolute atomic E-state index is 0.209. The monoisotopic (exact) mass is 253 g/mol. The van der Waals surface area contributed by atoms with Gasteiger partial charge in [0.05, 0.1) is 0 Å². The third kappa shape index (κ3) is 2.86. The summed E-state index contributed by atoms with van der Waals surface area (Å²) in [4.78, 5) is 14.5. The van der Waals surface area contributed by atoms with Gasteiger partial charge in [0, 0.05) is 24.0 Å². The molecule has 0 bridgehead atoms. The number of nitrogens with one attached hydrogen (secondary N) is 2. The molecule has 0 aromatic rings. The second kappa shape index (κ2) is 5.57. The Hall–Kier alpha value is -0.610. The molecule has 0 aromatic carbocycles. The zero-order chi connectivity index (χ0) is 13.2. The van der Waals surface area contributed by atoms with Crippen LogP contribution in [0.15, 0.2) is 0 Å². The second-order valence-electron chi connectivity index (χ2n) is 6.27. The Morgan fingerprint density at radius 2 is 2.17 bits per heavy atom. The molecule has 0 spiro atoms. The Labute approximate surface area is 110 Å². The third-order valence-corrected chi connectivity index (χ3v) is 4.82. The normalized spacial score (nSPS) is 30.9. The average molecular weight is 253 g/mol. The van der Waals surface area contributed by atoms with Crippen LogP contribution in [0, 0.1) is 5.92 Å². The Kier molecular flexibility index (Phi) is 4.28. The number of hydrogen-bond acceptors (Lipinski definition) is 3. The summed E-state index contributed by atoms with van der Waals surface area (Å²) in [5, 5.41) is 6.58. The largest absolute Gasteiger partial charge is 0.354 e. The highest BCUT2D eigenvalue weighted by Gasteiger charge is 2.39. The van der Waals surface area contributed by atoms with Gasteiger partial charge in [0.15, 0.2) is 0 Å². The van der Waals surface area contributed by atoms with E-state index >= 15 is 0 Å². The Morgan fingerprint density at radius 3 is 2.67 bits per heavy atom. The molecule has 2 atom stereocenters. The number of carbonyl (C=O) groups excluding carboxylic acids is 1. The first-order chi connectivity index (χ1) is 8.53. The molecule has 2 aliphatic rings. The number of piperidine rings is 1. The van der Waals surface area contributed by atoms with Gasteiger partial charge in [-0.05, 0) is 59.7 Å². The number of carbonyl (C=O) groups is 1. The van der Waals surface area contributed by atoms with E-state index in [-0.39, 0.29) is 17.4 Å². The minimum Gasteiger partial charge on any atom is -0.354 e. The van der Waals surface area contributed by atoms with Gasteiger partial charge >= 0.3 is 0 Å². The summed E-state index contributed by atoms with van der Waals surface area (Å²) in [6, 6.07) is 0.473. The summed E-state index contributed by atoms with van der Waals surface area (Å²) in [7, 11) is 4.25. The van der Waals surface area contributed by atoms with Crippen LogP contribution in [-0.2, 0) is 4.79 Å². The molecule has 1 amide bonds. The van der Waals surface area contributed by atoms with Crippen molar-refractivity contribution >= 4 is 5.91 Å². The van der Waals surface area contributed by atoms with E-state index in [0.29, 0.717) is 6.04 Å². The Bertz CT molecular complexity index is 299. The van der Waals surface area contributed by atoms with Crippen molar-refractivity contribution < 1.29 is 4.79 Å². The van der Waals surface area contributed by atoms with Crippen molar-refractivity contribution in [2.45, 2.75) is 50.6 Å². The fraction of sp³-hybridized carbons (Fsp3) is 0.929. The zero-order valence-corrected chi connectivity index (χ0v) is 12.0. The summed E-state index contributed by atoms with van der Waals surface area (Å²) < 4.78 is 0. The van der Waals surface area contributed by atoms with Crippen LogP contribution in [0.1, 0.15) is 39.0 Å². The lowest BCUT2D eigenvalue weighted by Crippen LogP contribution is -2.58. The molecular weight excluding hydrogens is 226 g/mol. The first kappa shape index (κ1) is 13.8. The van der Waals surface area contributed by atoms with Gasteiger partial charge in [-0.3, -0.25) is 4.79 Å². The van der Waals surface area contributed by atoms with Gasteiger partial charge in [0.2, 0.25) is 5.91 Å². The summed E-state index contributed by atoms with van der Waals surface area (Å²) >= 11 is 0. The van der Waals surface area contributed by atoms with E-state index in [1.165, 1.54) is 19.3 Å². The molecule has 2 fully saturated rings. The first-order valence-corrected chi connectivity index (χ1v) is 7.22. The molecule has 4 nitrogen and oxygen atoms in total. The summed E-state index contributed by atoms with van der Waals surface area (Å²) in [6.07, 6.45) is 5.66. The maximum atomic E-state index is 12.2. The van der Waals surface area contributed by atoms with Crippen molar-refractivity contribution in [2.24, 2.45) is 5.92 Å². The summed E-state index contributed by atoms with van der Waals surface area (Å²) in [6.45, 7) is 3.95. The van der Waals surface area contributed by atoms with Gasteiger partial charge in [-0.1, -0.05) is 0 Å². The molecule has 0 radical (unpaired) electrons. The molecule has 2 unspecified atom stereocenters. The van der Waals surface area contributed by atoms with Gasteiger partial charge in [0.1, 0.15) is 0 Å². The fourth-order valence-corrected chi connectivity index (χ4v) is 3.13. The standard InChI is InChI=1S/C14H27N3O/c1-11-9-12(5-8-15-11)13(18)16-10-14(17(2)3)6-4-7-14/h11-12,15H,4-10H2,1-3H3,(H,16,18). The van der Waals surface area contributed by atoms with Crippen LogP contribution in [0.4, 0.5) is 0 Å². The number of amides is 1. The number of nitrogens with zero attached hydrogens (tertiary/aromatic N) is 1.